The van der Waals surface area contributed by atoms with E-state index in [9.17, 15) is 9.90 Å². The Morgan fingerprint density at radius 1 is 1.15 bits per heavy atom. The van der Waals surface area contributed by atoms with Gasteiger partial charge in [0.15, 0.2) is 5.69 Å². The highest BCUT2D eigenvalue weighted by Gasteiger charge is 2.22. The van der Waals surface area contributed by atoms with Gasteiger partial charge in [-0.3, -0.25) is 14.6 Å². The van der Waals surface area contributed by atoms with E-state index in [2.05, 4.69) is 46.1 Å². The Morgan fingerprint density at radius 3 is 2.70 bits per heavy atom. The molecule has 8 nitrogen and oxygen atoms in total. The van der Waals surface area contributed by atoms with Crippen LogP contribution in [0.3, 0.4) is 0 Å². The van der Waals surface area contributed by atoms with Gasteiger partial charge in [0.25, 0.3) is 5.91 Å². The molecule has 1 fully saturated rings. The second-order valence-electron chi connectivity index (χ2n) is 9.58. The molecule has 0 radical (unpaired) electrons. The zero-order valence-electron chi connectivity index (χ0n) is 19.8. The van der Waals surface area contributed by atoms with Crippen molar-refractivity contribution < 1.29 is 19.1 Å². The fourth-order valence-corrected chi connectivity index (χ4v) is 4.44. The van der Waals surface area contributed by atoms with Gasteiger partial charge in [-0.1, -0.05) is 19.9 Å². The largest absolute Gasteiger partial charge is 0.447 e. The van der Waals surface area contributed by atoms with Crippen molar-refractivity contribution in [2.75, 3.05) is 51.3 Å². The van der Waals surface area contributed by atoms with Gasteiger partial charge >= 0.3 is 0 Å². The Morgan fingerprint density at radius 2 is 1.91 bits per heavy atom. The van der Waals surface area contributed by atoms with Gasteiger partial charge in [0.1, 0.15) is 6.26 Å². The van der Waals surface area contributed by atoms with Gasteiger partial charge in [-0.05, 0) is 48.4 Å². The summed E-state index contributed by atoms with van der Waals surface area (Å²) >= 11 is 0. The lowest BCUT2D eigenvalue weighted by Crippen LogP contribution is -2.48. The number of aliphatic hydroxyl groups is 1. The molecule has 1 aliphatic heterocycles. The van der Waals surface area contributed by atoms with Gasteiger partial charge in [-0.25, -0.2) is 4.98 Å². The van der Waals surface area contributed by atoms with Crippen molar-refractivity contribution in [1.82, 2.24) is 14.8 Å². The Hall–Kier alpha value is -2.26. The number of nitrogens with one attached hydrogen (secondary N) is 1. The summed E-state index contributed by atoms with van der Waals surface area (Å²) in [5.74, 6) is 0.771. The number of ether oxygens (including phenoxy) is 1. The monoisotopic (exact) mass is 456 g/mol. The van der Waals surface area contributed by atoms with Gasteiger partial charge in [0, 0.05) is 45.0 Å². The third-order valence-electron chi connectivity index (χ3n) is 6.19. The Labute approximate surface area is 195 Å². The minimum atomic E-state index is -0.464. The van der Waals surface area contributed by atoms with Gasteiger partial charge in [-0.2, -0.15) is 0 Å². The fourth-order valence-electron chi connectivity index (χ4n) is 4.44. The second-order valence-corrected chi connectivity index (χ2v) is 9.58. The van der Waals surface area contributed by atoms with Crippen molar-refractivity contribution in [3.8, 4) is 0 Å². The minimum Gasteiger partial charge on any atom is -0.447 e. The molecule has 1 amide bonds. The molecule has 0 spiro atoms. The number of amides is 1. The number of carbonyl (C=O) groups excluding carboxylic acids is 1. The average molecular weight is 457 g/mol. The lowest BCUT2D eigenvalue weighted by molar-refractivity contribution is -0.000850. The number of aromatic nitrogens is 1. The number of hydrogen-bond donors (Lipinski definition) is 2. The molecule has 2 N–H and O–H groups in total. The number of benzene rings is 1. The number of fused-ring (bicyclic) bond motifs is 1. The number of hydrogen-bond acceptors (Lipinski definition) is 7. The van der Waals surface area contributed by atoms with Crippen LogP contribution in [0.25, 0.3) is 0 Å². The molecule has 4 rings (SSSR count). The number of piperazine rings is 1. The zero-order valence-corrected chi connectivity index (χ0v) is 19.8. The molecule has 1 unspecified atom stereocenters. The van der Waals surface area contributed by atoms with Crippen LogP contribution in [0, 0.1) is 5.92 Å². The molecule has 1 aromatic heterocycles. The lowest BCUT2D eigenvalue weighted by atomic mass is 10.1. The van der Waals surface area contributed by atoms with Crippen molar-refractivity contribution in [3.63, 3.8) is 0 Å². The van der Waals surface area contributed by atoms with E-state index >= 15 is 0 Å². The zero-order chi connectivity index (χ0) is 23.2. The molecule has 1 aliphatic carbocycles. The maximum absolute atomic E-state index is 12.6. The second kappa shape index (κ2) is 11.2. The van der Waals surface area contributed by atoms with Crippen molar-refractivity contribution in [2.45, 2.75) is 45.8 Å². The smallest absolute Gasteiger partial charge is 0.277 e. The highest BCUT2D eigenvalue weighted by atomic mass is 16.5. The molecule has 2 aromatic rings. The van der Waals surface area contributed by atoms with Gasteiger partial charge < -0.3 is 19.6 Å². The minimum absolute atomic E-state index is 0.249. The van der Waals surface area contributed by atoms with Crippen LogP contribution >= 0.6 is 0 Å². The summed E-state index contributed by atoms with van der Waals surface area (Å²) in [5.41, 5.74) is 3.81. The van der Waals surface area contributed by atoms with E-state index in [-0.39, 0.29) is 5.91 Å². The number of nitrogens with zero attached hydrogens (tertiary/aromatic N) is 3. The first-order valence-electron chi connectivity index (χ1n) is 12.0. The Balaban J connectivity index is 1.20. The van der Waals surface area contributed by atoms with Crippen molar-refractivity contribution >= 4 is 11.6 Å². The molecule has 2 aliphatic rings. The van der Waals surface area contributed by atoms with Crippen LogP contribution in [0.1, 0.15) is 47.8 Å². The lowest BCUT2D eigenvalue weighted by Gasteiger charge is -2.34. The maximum Gasteiger partial charge on any atom is 0.277 e. The normalized spacial score (nSPS) is 17.9. The molecule has 1 aromatic carbocycles. The molecule has 180 valence electrons. The summed E-state index contributed by atoms with van der Waals surface area (Å²) in [6.45, 7) is 9.90. The highest BCUT2D eigenvalue weighted by Crippen LogP contribution is 2.25. The summed E-state index contributed by atoms with van der Waals surface area (Å²) in [7, 11) is 0. The van der Waals surface area contributed by atoms with Crippen LogP contribution in [0.5, 0.6) is 0 Å². The van der Waals surface area contributed by atoms with Gasteiger partial charge in [0.2, 0.25) is 5.89 Å². The Bertz CT molecular complexity index is 921. The molecular weight excluding hydrogens is 420 g/mol. The standard InChI is InChI=1S/C25H36N4O4/c1-18(2)15-32-16-22(30)13-28-8-10-29(11-9-28)14-24-27-23(17-33-24)25(31)26-21-7-6-19-4-3-5-20(19)12-21/h6-7,12,17-18,22,30H,3-5,8-11,13-16H2,1-2H3,(H,26,31). The van der Waals surface area contributed by atoms with E-state index in [1.807, 2.05) is 6.07 Å². The molecular formula is C25H36N4O4. The first kappa shape index (κ1) is 23.9. The molecule has 1 saturated heterocycles. The number of carbonyl (C=O) groups is 1. The molecule has 2 heterocycles. The first-order valence-corrected chi connectivity index (χ1v) is 12.0. The molecule has 0 saturated carbocycles. The predicted molar refractivity (Wildman–Crippen MR) is 126 cm³/mol. The molecule has 33 heavy (non-hydrogen) atoms. The highest BCUT2D eigenvalue weighted by molar-refractivity contribution is 6.02. The number of rotatable bonds is 10. The van der Waals surface area contributed by atoms with E-state index in [4.69, 9.17) is 9.15 Å². The van der Waals surface area contributed by atoms with Crippen molar-refractivity contribution in [3.05, 3.63) is 47.2 Å². The maximum atomic E-state index is 12.6. The van der Waals surface area contributed by atoms with Crippen LogP contribution in [-0.2, 0) is 24.1 Å². The summed E-state index contributed by atoms with van der Waals surface area (Å²) in [4.78, 5) is 21.5. The van der Waals surface area contributed by atoms with E-state index in [0.717, 1.165) is 44.7 Å². The van der Waals surface area contributed by atoms with Gasteiger partial charge in [-0.15, -0.1) is 0 Å². The molecule has 0 bridgehead atoms. The third kappa shape index (κ3) is 6.86. The predicted octanol–water partition coefficient (Wildman–Crippen LogP) is 2.57. The van der Waals surface area contributed by atoms with Gasteiger partial charge in [0.05, 0.1) is 19.3 Å². The summed E-state index contributed by atoms with van der Waals surface area (Å²) in [6.07, 6.45) is 4.35. The number of β-amino-alcohol motifs (C(OH)–C–C–N with tert-alkyl or cyclic N) is 1. The van der Waals surface area contributed by atoms with E-state index in [1.54, 1.807) is 0 Å². The average Bonchev–Trinajstić information content (AvgIpc) is 3.44. The number of aliphatic hydroxyl groups excluding tert-OH is 1. The van der Waals surface area contributed by atoms with Crippen LogP contribution < -0.4 is 5.32 Å². The molecule has 8 heteroatoms. The fraction of sp³-hybridized carbons (Fsp3) is 0.600. The van der Waals surface area contributed by atoms with Crippen molar-refractivity contribution in [2.24, 2.45) is 5.92 Å². The summed E-state index contributed by atoms with van der Waals surface area (Å²) < 4.78 is 11.1. The van der Waals surface area contributed by atoms with Crippen LogP contribution in [0.2, 0.25) is 0 Å². The summed E-state index contributed by atoms with van der Waals surface area (Å²) in [6, 6.07) is 6.12. The van der Waals surface area contributed by atoms with E-state index in [0.29, 0.717) is 43.8 Å². The van der Waals surface area contributed by atoms with Crippen LogP contribution in [-0.4, -0.2) is 77.8 Å². The SMILES string of the molecule is CC(C)COCC(O)CN1CCN(Cc2nc(C(=O)Nc3ccc4c(c3)CCC4)co2)CC1. The quantitative estimate of drug-likeness (QED) is 0.568. The number of oxazole rings is 1. The van der Waals surface area contributed by atoms with E-state index < -0.39 is 6.10 Å². The number of anilines is 1. The first-order chi connectivity index (χ1) is 16.0. The van der Waals surface area contributed by atoms with Crippen molar-refractivity contribution in [1.29, 1.82) is 0 Å². The van der Waals surface area contributed by atoms with Crippen LogP contribution in [0.15, 0.2) is 28.9 Å². The Kier molecular flexibility index (Phi) is 8.14. The van der Waals surface area contributed by atoms with Crippen LogP contribution in [0.4, 0.5) is 5.69 Å². The topological polar surface area (TPSA) is 91.1 Å². The number of aryl methyl sites for hydroxylation is 2. The summed E-state index contributed by atoms with van der Waals surface area (Å²) in [5, 5.41) is 13.1. The van der Waals surface area contributed by atoms with E-state index in [1.165, 1.54) is 23.8 Å². The molecule has 1 atom stereocenters. The third-order valence-corrected chi connectivity index (χ3v) is 6.19.